The van der Waals surface area contributed by atoms with Crippen LogP contribution in [0.1, 0.15) is 0 Å². The summed E-state index contributed by atoms with van der Waals surface area (Å²) in [4.78, 5) is 10.9. The van der Waals surface area contributed by atoms with E-state index in [0.717, 1.165) is 18.8 Å². The van der Waals surface area contributed by atoms with Gasteiger partial charge in [0.2, 0.25) is 0 Å². The number of aromatic amines is 1. The van der Waals surface area contributed by atoms with Crippen molar-refractivity contribution in [1.29, 1.82) is 0 Å². The van der Waals surface area contributed by atoms with E-state index in [1.54, 1.807) is 7.11 Å². The van der Waals surface area contributed by atoms with Crippen LogP contribution in [0.4, 0.5) is 26.0 Å². The molecule has 0 amide bonds. The minimum Gasteiger partial charge on any atom is -0.495 e. The smallest absolute Gasteiger partial charge is 0.168 e. The Morgan fingerprint density at radius 2 is 1.88 bits per heavy atom. The van der Waals surface area contributed by atoms with Gasteiger partial charge < -0.3 is 19.7 Å². The van der Waals surface area contributed by atoms with Crippen LogP contribution in [0.15, 0.2) is 42.6 Å². The summed E-state index contributed by atoms with van der Waals surface area (Å²) in [5.74, 6) is -0.530. The number of fused-ring (bicyclic) bond motifs is 1. The monoisotopic (exact) mass is 438 g/mol. The first kappa shape index (κ1) is 20.1. The van der Waals surface area contributed by atoms with Gasteiger partial charge in [-0.25, -0.2) is 18.7 Å². The van der Waals surface area contributed by atoms with Crippen LogP contribution in [0, 0.1) is 11.6 Å². The van der Waals surface area contributed by atoms with Crippen molar-refractivity contribution in [2.24, 2.45) is 0 Å². The number of hydrogen-bond donors (Lipinski definition) is 2. The summed E-state index contributed by atoms with van der Waals surface area (Å²) in [6.07, 6.45) is 1.48. The molecule has 0 radical (unpaired) electrons. The maximum absolute atomic E-state index is 14.3. The van der Waals surface area contributed by atoms with Crippen molar-refractivity contribution >= 4 is 28.2 Å². The third-order valence-corrected chi connectivity index (χ3v) is 5.28. The van der Waals surface area contributed by atoms with Crippen molar-refractivity contribution in [3.05, 3.63) is 54.2 Å². The minimum absolute atomic E-state index is 0.0751. The number of H-pyrrole nitrogens is 1. The lowest BCUT2D eigenvalue weighted by atomic mass is 10.2. The lowest BCUT2D eigenvalue weighted by Crippen LogP contribution is -2.36. The molecule has 1 aliphatic rings. The quantitative estimate of drug-likeness (QED) is 0.489. The van der Waals surface area contributed by atoms with E-state index in [2.05, 4.69) is 30.4 Å². The van der Waals surface area contributed by atoms with E-state index >= 15 is 0 Å². The molecule has 5 rings (SSSR count). The highest BCUT2D eigenvalue weighted by atomic mass is 19.1. The Kier molecular flexibility index (Phi) is 5.28. The number of halogens is 2. The normalized spacial score (nSPS) is 14.0. The Balaban J connectivity index is 1.53. The van der Waals surface area contributed by atoms with Crippen molar-refractivity contribution in [3.63, 3.8) is 0 Å². The molecule has 1 saturated heterocycles. The molecule has 1 fully saturated rings. The van der Waals surface area contributed by atoms with Gasteiger partial charge in [0.25, 0.3) is 0 Å². The summed E-state index contributed by atoms with van der Waals surface area (Å²) in [5.41, 5.74) is 2.30. The molecule has 2 aromatic heterocycles. The van der Waals surface area contributed by atoms with Gasteiger partial charge in [-0.15, -0.1) is 0 Å². The first-order chi connectivity index (χ1) is 15.6. The van der Waals surface area contributed by atoms with Crippen LogP contribution >= 0.6 is 0 Å². The van der Waals surface area contributed by atoms with Gasteiger partial charge in [0.15, 0.2) is 11.6 Å². The van der Waals surface area contributed by atoms with Gasteiger partial charge in [0.05, 0.1) is 37.8 Å². The van der Waals surface area contributed by atoms with Gasteiger partial charge in [-0.05, 0) is 24.3 Å². The van der Waals surface area contributed by atoms with Crippen LogP contribution in [0.25, 0.3) is 22.4 Å². The number of aromatic nitrogens is 4. The van der Waals surface area contributed by atoms with Gasteiger partial charge in [-0.3, -0.25) is 5.10 Å². The third kappa shape index (κ3) is 3.69. The summed E-state index contributed by atoms with van der Waals surface area (Å²) in [6.45, 7) is 2.89. The Labute approximate surface area is 182 Å². The molecule has 4 aromatic rings. The first-order valence-electron chi connectivity index (χ1n) is 10.1. The average molecular weight is 438 g/mol. The highest BCUT2D eigenvalue weighted by Crippen LogP contribution is 2.34. The zero-order chi connectivity index (χ0) is 22.1. The molecule has 2 N–H and O–H groups in total. The fourth-order valence-electron chi connectivity index (χ4n) is 3.71. The van der Waals surface area contributed by atoms with E-state index in [-0.39, 0.29) is 11.4 Å². The molecule has 32 heavy (non-hydrogen) atoms. The Hall–Kier alpha value is -3.79. The SMILES string of the molecule is COc1cc(Nc2nc(-c3c(F)cccc3F)nc3cn[nH]c23)ccc1N1CCOCC1. The molecule has 0 unspecified atom stereocenters. The molecule has 2 aromatic carbocycles. The number of methoxy groups -OCH3 is 1. The van der Waals surface area contributed by atoms with Crippen LogP contribution in [0.2, 0.25) is 0 Å². The molecule has 0 spiro atoms. The Bertz CT molecular complexity index is 1250. The Morgan fingerprint density at radius 3 is 2.62 bits per heavy atom. The summed E-state index contributed by atoms with van der Waals surface area (Å²) < 4.78 is 39.7. The van der Waals surface area contributed by atoms with Crippen LogP contribution in [-0.4, -0.2) is 53.6 Å². The fraction of sp³-hybridized carbons (Fsp3) is 0.227. The number of hydrogen-bond acceptors (Lipinski definition) is 7. The van der Waals surface area contributed by atoms with Crippen LogP contribution < -0.4 is 15.0 Å². The topological polar surface area (TPSA) is 88.2 Å². The lowest BCUT2D eigenvalue weighted by Gasteiger charge is -2.30. The number of morpholine rings is 1. The van der Waals surface area contributed by atoms with Gasteiger partial charge in [0, 0.05) is 24.8 Å². The molecule has 0 aliphatic carbocycles. The van der Waals surface area contributed by atoms with Crippen molar-refractivity contribution < 1.29 is 18.3 Å². The summed E-state index contributed by atoms with van der Waals surface area (Å²) in [6, 6.07) is 9.33. The Morgan fingerprint density at radius 1 is 1.09 bits per heavy atom. The maximum atomic E-state index is 14.3. The van der Waals surface area contributed by atoms with Gasteiger partial charge in [-0.2, -0.15) is 5.10 Å². The predicted octanol–water partition coefficient (Wildman–Crippen LogP) is 3.89. The summed E-state index contributed by atoms with van der Waals surface area (Å²) in [7, 11) is 1.61. The lowest BCUT2D eigenvalue weighted by molar-refractivity contribution is 0.122. The maximum Gasteiger partial charge on any atom is 0.168 e. The van der Waals surface area contributed by atoms with Crippen LogP contribution in [0.5, 0.6) is 5.75 Å². The van der Waals surface area contributed by atoms with E-state index < -0.39 is 11.6 Å². The summed E-state index contributed by atoms with van der Waals surface area (Å²) in [5, 5.41) is 10.0. The molecular formula is C22H20F2N6O2. The van der Waals surface area contributed by atoms with Gasteiger partial charge >= 0.3 is 0 Å². The highest BCUT2D eigenvalue weighted by molar-refractivity contribution is 5.89. The molecule has 1 aliphatic heterocycles. The zero-order valence-corrected chi connectivity index (χ0v) is 17.2. The third-order valence-electron chi connectivity index (χ3n) is 5.28. The van der Waals surface area contributed by atoms with E-state index in [0.29, 0.717) is 41.5 Å². The van der Waals surface area contributed by atoms with Gasteiger partial charge in [0.1, 0.15) is 28.4 Å². The number of anilines is 3. The van der Waals surface area contributed by atoms with Crippen molar-refractivity contribution in [2.45, 2.75) is 0 Å². The molecule has 164 valence electrons. The second-order valence-electron chi connectivity index (χ2n) is 7.23. The molecular weight excluding hydrogens is 418 g/mol. The number of nitrogens with zero attached hydrogens (tertiary/aromatic N) is 4. The molecule has 0 saturated carbocycles. The average Bonchev–Trinajstić information content (AvgIpc) is 3.29. The first-order valence-corrected chi connectivity index (χ1v) is 10.1. The second kappa shape index (κ2) is 8.39. The molecule has 3 heterocycles. The van der Waals surface area contributed by atoms with E-state index in [1.807, 2.05) is 18.2 Å². The number of benzene rings is 2. The number of nitrogens with one attached hydrogen (secondary N) is 2. The molecule has 10 heteroatoms. The van der Waals surface area contributed by atoms with E-state index in [1.165, 1.54) is 24.4 Å². The van der Waals surface area contributed by atoms with Crippen LogP contribution in [0.3, 0.4) is 0 Å². The highest BCUT2D eigenvalue weighted by Gasteiger charge is 2.19. The fourth-order valence-corrected chi connectivity index (χ4v) is 3.71. The van der Waals surface area contributed by atoms with E-state index in [9.17, 15) is 8.78 Å². The van der Waals surface area contributed by atoms with Crippen LogP contribution in [-0.2, 0) is 4.74 Å². The molecule has 8 nitrogen and oxygen atoms in total. The molecule has 0 atom stereocenters. The van der Waals surface area contributed by atoms with Crippen molar-refractivity contribution in [1.82, 2.24) is 20.2 Å². The second-order valence-corrected chi connectivity index (χ2v) is 7.23. The standard InChI is InChI=1S/C22H20F2N6O2/c1-31-18-11-13(5-6-17(18)30-7-9-32-10-8-30)26-22-20-16(12-25-29-20)27-21(28-22)19-14(23)3-2-4-15(19)24/h2-6,11-12H,7-10H2,1H3,(H,25,29)(H,26,27,28). The number of ether oxygens (including phenoxy) is 2. The van der Waals surface area contributed by atoms with Gasteiger partial charge in [-0.1, -0.05) is 6.07 Å². The van der Waals surface area contributed by atoms with E-state index in [4.69, 9.17) is 9.47 Å². The number of rotatable bonds is 5. The zero-order valence-electron chi connectivity index (χ0n) is 17.2. The van der Waals surface area contributed by atoms with Crippen molar-refractivity contribution in [3.8, 4) is 17.1 Å². The predicted molar refractivity (Wildman–Crippen MR) is 116 cm³/mol. The largest absolute Gasteiger partial charge is 0.495 e. The molecule has 0 bridgehead atoms. The minimum atomic E-state index is -0.740. The van der Waals surface area contributed by atoms with Crippen molar-refractivity contribution in [2.75, 3.05) is 43.6 Å². The summed E-state index contributed by atoms with van der Waals surface area (Å²) >= 11 is 0.